The van der Waals surface area contributed by atoms with Crippen molar-refractivity contribution in [3.63, 3.8) is 0 Å². The third-order valence-corrected chi connectivity index (χ3v) is 4.27. The van der Waals surface area contributed by atoms with E-state index >= 15 is 0 Å². The van der Waals surface area contributed by atoms with Crippen molar-refractivity contribution in [1.82, 2.24) is 5.32 Å². The van der Waals surface area contributed by atoms with Gasteiger partial charge in [-0.3, -0.25) is 14.9 Å². The van der Waals surface area contributed by atoms with Crippen molar-refractivity contribution in [3.8, 4) is 0 Å². The normalized spacial score (nSPS) is 27.1. The SMILES string of the molecule is O=C1NC(=O)C2(Cl)C(OCCc3ccccc3)=CC=CC12. The lowest BCUT2D eigenvalue weighted by Gasteiger charge is -2.27. The Balaban J connectivity index is 1.70. The lowest BCUT2D eigenvalue weighted by molar-refractivity contribution is -0.125. The molecule has 1 aromatic rings. The molecule has 0 aromatic heterocycles. The molecular weight excluding hydrogens is 290 g/mol. The Hall–Kier alpha value is -2.07. The number of hydrogen-bond acceptors (Lipinski definition) is 3. The largest absolute Gasteiger partial charge is 0.495 e. The fraction of sp³-hybridized carbons (Fsp3) is 0.250. The molecule has 0 spiro atoms. The molecule has 5 heteroatoms. The summed E-state index contributed by atoms with van der Waals surface area (Å²) < 4.78 is 5.69. The number of halogens is 1. The monoisotopic (exact) mass is 303 g/mol. The zero-order valence-electron chi connectivity index (χ0n) is 11.2. The Morgan fingerprint density at radius 1 is 1.24 bits per heavy atom. The summed E-state index contributed by atoms with van der Waals surface area (Å²) in [5.41, 5.74) is 1.14. The molecule has 0 bridgehead atoms. The Bertz CT molecular complexity index is 638. The van der Waals surface area contributed by atoms with E-state index in [9.17, 15) is 9.59 Å². The second kappa shape index (κ2) is 5.37. The van der Waals surface area contributed by atoms with E-state index < -0.39 is 16.7 Å². The van der Waals surface area contributed by atoms with Crippen molar-refractivity contribution in [2.45, 2.75) is 11.3 Å². The number of allylic oxidation sites excluding steroid dienone is 2. The van der Waals surface area contributed by atoms with Crippen LogP contribution >= 0.6 is 11.6 Å². The van der Waals surface area contributed by atoms with Crippen LogP contribution in [0.1, 0.15) is 5.56 Å². The average molecular weight is 304 g/mol. The van der Waals surface area contributed by atoms with Crippen molar-refractivity contribution >= 4 is 23.4 Å². The number of alkyl halides is 1. The van der Waals surface area contributed by atoms with Gasteiger partial charge in [0.25, 0.3) is 5.91 Å². The van der Waals surface area contributed by atoms with Crippen LogP contribution in [0.2, 0.25) is 0 Å². The molecule has 4 nitrogen and oxygen atoms in total. The number of carbonyl (C=O) groups excluding carboxylic acids is 2. The first-order chi connectivity index (χ1) is 10.1. The fourth-order valence-electron chi connectivity index (χ4n) is 2.54. The minimum atomic E-state index is -1.44. The average Bonchev–Trinajstić information content (AvgIpc) is 2.72. The fourth-order valence-corrected chi connectivity index (χ4v) is 2.88. The van der Waals surface area contributed by atoms with Crippen molar-refractivity contribution in [2.24, 2.45) is 5.92 Å². The van der Waals surface area contributed by atoms with E-state index in [1.165, 1.54) is 0 Å². The first-order valence-electron chi connectivity index (χ1n) is 6.72. The molecule has 2 unspecified atom stereocenters. The summed E-state index contributed by atoms with van der Waals surface area (Å²) in [6.07, 6.45) is 5.67. The molecule has 2 amide bonds. The standard InChI is InChI=1S/C16H14ClNO3/c17-16-12(14(19)18-15(16)20)7-4-8-13(16)21-10-9-11-5-2-1-3-6-11/h1-8,12H,9-10H2,(H,18,19,20). The van der Waals surface area contributed by atoms with Crippen molar-refractivity contribution in [1.29, 1.82) is 0 Å². The van der Waals surface area contributed by atoms with Crippen LogP contribution in [0.15, 0.2) is 54.3 Å². The third kappa shape index (κ3) is 2.36. The van der Waals surface area contributed by atoms with Gasteiger partial charge in [-0.25, -0.2) is 0 Å². The van der Waals surface area contributed by atoms with Crippen LogP contribution in [-0.2, 0) is 20.7 Å². The van der Waals surface area contributed by atoms with E-state index in [4.69, 9.17) is 16.3 Å². The third-order valence-electron chi connectivity index (χ3n) is 3.68. The second-order valence-corrected chi connectivity index (χ2v) is 5.60. The van der Waals surface area contributed by atoms with Gasteiger partial charge in [-0.2, -0.15) is 0 Å². The van der Waals surface area contributed by atoms with Crippen LogP contribution in [0.5, 0.6) is 0 Å². The zero-order valence-corrected chi connectivity index (χ0v) is 12.0. The molecule has 108 valence electrons. The van der Waals surface area contributed by atoms with E-state index in [0.29, 0.717) is 18.8 Å². The maximum Gasteiger partial charge on any atom is 0.256 e. The quantitative estimate of drug-likeness (QED) is 0.683. The van der Waals surface area contributed by atoms with Crippen LogP contribution in [-0.4, -0.2) is 23.3 Å². The molecule has 1 aliphatic heterocycles. The van der Waals surface area contributed by atoms with Crippen LogP contribution in [0.25, 0.3) is 0 Å². The molecule has 1 heterocycles. The van der Waals surface area contributed by atoms with Gasteiger partial charge in [0.15, 0.2) is 4.87 Å². The molecule has 3 rings (SSSR count). The molecule has 0 radical (unpaired) electrons. The highest BCUT2D eigenvalue weighted by Crippen LogP contribution is 2.41. The van der Waals surface area contributed by atoms with E-state index in [1.807, 2.05) is 30.3 Å². The maximum absolute atomic E-state index is 12.0. The van der Waals surface area contributed by atoms with Crippen molar-refractivity contribution < 1.29 is 14.3 Å². The number of benzene rings is 1. The molecular formula is C16H14ClNO3. The van der Waals surface area contributed by atoms with Gasteiger partial charge in [-0.1, -0.05) is 54.1 Å². The van der Waals surface area contributed by atoms with E-state index in [1.54, 1.807) is 18.2 Å². The van der Waals surface area contributed by atoms with Gasteiger partial charge in [-0.05, 0) is 11.6 Å². The molecule has 2 aliphatic rings. The zero-order chi connectivity index (χ0) is 14.9. The van der Waals surface area contributed by atoms with Gasteiger partial charge in [0.2, 0.25) is 5.91 Å². The smallest absolute Gasteiger partial charge is 0.256 e. The van der Waals surface area contributed by atoms with Crippen molar-refractivity contribution in [2.75, 3.05) is 6.61 Å². The van der Waals surface area contributed by atoms with Gasteiger partial charge in [0.05, 0.1) is 12.5 Å². The van der Waals surface area contributed by atoms with Gasteiger partial charge in [0.1, 0.15) is 5.76 Å². The summed E-state index contributed by atoms with van der Waals surface area (Å²) >= 11 is 6.39. The predicted molar refractivity (Wildman–Crippen MR) is 78.5 cm³/mol. The molecule has 1 saturated heterocycles. The minimum absolute atomic E-state index is 0.330. The number of fused-ring (bicyclic) bond motifs is 1. The summed E-state index contributed by atoms with van der Waals surface area (Å²) in [5.74, 6) is -1.28. The minimum Gasteiger partial charge on any atom is -0.495 e. The number of imide groups is 1. The Morgan fingerprint density at radius 2 is 2.00 bits per heavy atom. The summed E-state index contributed by atoms with van der Waals surface area (Å²) in [6.45, 7) is 0.395. The number of rotatable bonds is 4. The van der Waals surface area contributed by atoms with Crippen LogP contribution in [0.3, 0.4) is 0 Å². The highest BCUT2D eigenvalue weighted by atomic mass is 35.5. The molecule has 1 aliphatic carbocycles. The van der Waals surface area contributed by atoms with Crippen molar-refractivity contribution in [3.05, 3.63) is 59.9 Å². The van der Waals surface area contributed by atoms with Crippen LogP contribution in [0.4, 0.5) is 0 Å². The first-order valence-corrected chi connectivity index (χ1v) is 7.10. The number of ether oxygens (including phenoxy) is 1. The Labute approximate surface area is 127 Å². The van der Waals surface area contributed by atoms with E-state index in [2.05, 4.69) is 5.32 Å². The number of amides is 2. The van der Waals surface area contributed by atoms with Gasteiger partial charge in [-0.15, -0.1) is 0 Å². The first kappa shape index (κ1) is 13.9. The lowest BCUT2D eigenvalue weighted by atomic mass is 9.88. The Kier molecular flexibility index (Phi) is 3.55. The molecule has 2 atom stereocenters. The molecule has 0 saturated carbocycles. The van der Waals surface area contributed by atoms with Gasteiger partial charge >= 0.3 is 0 Å². The number of nitrogens with one attached hydrogen (secondary N) is 1. The van der Waals surface area contributed by atoms with E-state index in [0.717, 1.165) is 5.56 Å². The molecule has 21 heavy (non-hydrogen) atoms. The predicted octanol–water partition coefficient (Wildman–Crippen LogP) is 1.95. The summed E-state index contributed by atoms with van der Waals surface area (Å²) in [4.78, 5) is 22.2. The van der Waals surface area contributed by atoms with Crippen LogP contribution < -0.4 is 5.32 Å². The molecule has 1 N–H and O–H groups in total. The number of carbonyl (C=O) groups is 2. The Morgan fingerprint density at radius 3 is 2.76 bits per heavy atom. The van der Waals surface area contributed by atoms with Gasteiger partial charge < -0.3 is 4.74 Å². The second-order valence-electron chi connectivity index (χ2n) is 5.01. The summed E-state index contributed by atoms with van der Waals surface area (Å²) in [6, 6.07) is 9.87. The molecule has 1 aromatic carbocycles. The highest BCUT2D eigenvalue weighted by Gasteiger charge is 2.57. The maximum atomic E-state index is 12.0. The van der Waals surface area contributed by atoms with Crippen LogP contribution in [0, 0.1) is 5.92 Å². The molecule has 1 fully saturated rings. The summed E-state index contributed by atoms with van der Waals surface area (Å²) in [7, 11) is 0. The van der Waals surface area contributed by atoms with Gasteiger partial charge in [0, 0.05) is 6.42 Å². The summed E-state index contributed by atoms with van der Waals surface area (Å²) in [5, 5.41) is 2.26. The topological polar surface area (TPSA) is 55.4 Å². The van der Waals surface area contributed by atoms with E-state index in [-0.39, 0.29) is 5.91 Å². The lowest BCUT2D eigenvalue weighted by Crippen LogP contribution is -2.40. The number of hydrogen-bond donors (Lipinski definition) is 1. The highest BCUT2D eigenvalue weighted by molar-refractivity contribution is 6.42.